The van der Waals surface area contributed by atoms with Crippen LogP contribution in [0.2, 0.25) is 5.02 Å². The molecule has 7 heteroatoms. The summed E-state index contributed by atoms with van der Waals surface area (Å²) in [5.74, 6) is 0. The van der Waals surface area contributed by atoms with E-state index < -0.39 is 5.60 Å². The second kappa shape index (κ2) is 7.10. The first-order chi connectivity index (χ1) is 10.6. The number of benzene rings is 1. The Morgan fingerprint density at radius 1 is 1.09 bits per heavy atom. The lowest BCUT2D eigenvalue weighted by molar-refractivity contribution is 0.0856. The highest BCUT2D eigenvalue weighted by Crippen LogP contribution is 2.29. The summed E-state index contributed by atoms with van der Waals surface area (Å²) in [6, 6.07) is 10.6. The number of hydrogen-bond acceptors (Lipinski definition) is 4. The number of aromatic amines is 1. The maximum Gasteiger partial charge on any atom is 0.143 e. The van der Waals surface area contributed by atoms with Gasteiger partial charge in [-0.2, -0.15) is 5.10 Å². The van der Waals surface area contributed by atoms with Gasteiger partial charge in [-0.15, -0.1) is 12.4 Å². The first-order valence-electron chi connectivity index (χ1n) is 6.77. The standard InChI is InChI=1S/C16H15ClN4O.ClH/c17-14-4-2-13(3-5-14)16(22,10-18)15-6-1-11(7-19-15)12-8-20-21-9-12;/h1-9,22H,10,18H2,(H,20,21);1H. The summed E-state index contributed by atoms with van der Waals surface area (Å²) in [7, 11) is 0. The molecular formula is C16H16Cl2N4O. The van der Waals surface area contributed by atoms with Gasteiger partial charge >= 0.3 is 0 Å². The fourth-order valence-corrected chi connectivity index (χ4v) is 2.44. The van der Waals surface area contributed by atoms with Gasteiger partial charge in [0.2, 0.25) is 0 Å². The number of rotatable bonds is 4. The highest BCUT2D eigenvalue weighted by Gasteiger charge is 2.31. The molecule has 3 rings (SSSR count). The quantitative estimate of drug-likeness (QED) is 0.674. The van der Waals surface area contributed by atoms with E-state index in [1.807, 2.05) is 6.07 Å². The minimum absolute atomic E-state index is 0. The lowest BCUT2D eigenvalue weighted by Crippen LogP contribution is -2.36. The van der Waals surface area contributed by atoms with Crippen molar-refractivity contribution in [3.63, 3.8) is 0 Å². The maximum atomic E-state index is 10.9. The van der Waals surface area contributed by atoms with Crippen molar-refractivity contribution in [2.24, 2.45) is 5.73 Å². The van der Waals surface area contributed by atoms with Gasteiger partial charge in [-0.3, -0.25) is 10.1 Å². The molecule has 0 spiro atoms. The molecule has 2 aromatic heterocycles. The number of nitrogens with zero attached hydrogens (tertiary/aromatic N) is 2. The molecule has 0 amide bonds. The van der Waals surface area contributed by atoms with Gasteiger partial charge in [0.05, 0.1) is 11.9 Å². The fourth-order valence-electron chi connectivity index (χ4n) is 2.31. The zero-order valence-corrected chi connectivity index (χ0v) is 13.7. The number of H-pyrrole nitrogens is 1. The van der Waals surface area contributed by atoms with Crippen LogP contribution in [0.15, 0.2) is 55.0 Å². The van der Waals surface area contributed by atoms with Gasteiger partial charge in [0, 0.05) is 35.1 Å². The summed E-state index contributed by atoms with van der Waals surface area (Å²) in [5, 5.41) is 18.2. The van der Waals surface area contributed by atoms with Gasteiger partial charge in [-0.25, -0.2) is 0 Å². The second-order valence-corrected chi connectivity index (χ2v) is 5.43. The molecule has 4 N–H and O–H groups in total. The fraction of sp³-hybridized carbons (Fsp3) is 0.125. The van der Waals surface area contributed by atoms with E-state index in [2.05, 4.69) is 15.2 Å². The van der Waals surface area contributed by atoms with Gasteiger partial charge in [0.15, 0.2) is 0 Å². The lowest BCUT2D eigenvalue weighted by Gasteiger charge is -2.26. The highest BCUT2D eigenvalue weighted by molar-refractivity contribution is 6.30. The molecule has 23 heavy (non-hydrogen) atoms. The molecule has 2 heterocycles. The molecule has 120 valence electrons. The van der Waals surface area contributed by atoms with E-state index in [-0.39, 0.29) is 19.0 Å². The number of nitrogens with one attached hydrogen (secondary N) is 1. The molecule has 0 aliphatic carbocycles. The molecule has 3 aromatic rings. The molecule has 1 atom stereocenters. The monoisotopic (exact) mass is 350 g/mol. The van der Waals surface area contributed by atoms with Crippen LogP contribution in [-0.4, -0.2) is 26.8 Å². The zero-order valence-electron chi connectivity index (χ0n) is 12.1. The molecule has 0 aliphatic rings. The molecule has 0 saturated carbocycles. The number of halogens is 2. The van der Waals surface area contributed by atoms with Gasteiger partial charge in [0.25, 0.3) is 0 Å². The molecule has 0 aliphatic heterocycles. The Kier molecular flexibility index (Phi) is 5.38. The number of nitrogens with two attached hydrogens (primary N) is 1. The average Bonchev–Trinajstić information content (AvgIpc) is 3.09. The predicted octanol–water partition coefficient (Wildman–Crippen LogP) is 2.74. The van der Waals surface area contributed by atoms with Crippen molar-refractivity contribution >= 4 is 24.0 Å². The van der Waals surface area contributed by atoms with Crippen molar-refractivity contribution < 1.29 is 5.11 Å². The third kappa shape index (κ3) is 3.38. The predicted molar refractivity (Wildman–Crippen MR) is 92.6 cm³/mol. The minimum Gasteiger partial charge on any atom is -0.377 e. The lowest BCUT2D eigenvalue weighted by atomic mass is 9.89. The Labute approximate surface area is 144 Å². The number of hydrogen-bond donors (Lipinski definition) is 3. The van der Waals surface area contributed by atoms with E-state index in [4.69, 9.17) is 17.3 Å². The van der Waals surface area contributed by atoms with Gasteiger partial charge in [-0.05, 0) is 23.8 Å². The van der Waals surface area contributed by atoms with Gasteiger partial charge in [-0.1, -0.05) is 29.8 Å². The smallest absolute Gasteiger partial charge is 0.143 e. The Morgan fingerprint density at radius 3 is 2.35 bits per heavy atom. The minimum atomic E-state index is -1.35. The number of aliphatic hydroxyl groups is 1. The molecule has 5 nitrogen and oxygen atoms in total. The Bertz CT molecular complexity index is 745. The molecule has 1 aromatic carbocycles. The first kappa shape index (κ1) is 17.4. The summed E-state index contributed by atoms with van der Waals surface area (Å²) < 4.78 is 0. The Morgan fingerprint density at radius 2 is 1.83 bits per heavy atom. The summed E-state index contributed by atoms with van der Waals surface area (Å²) in [5.41, 5.74) is 7.44. The molecule has 0 bridgehead atoms. The molecule has 1 unspecified atom stereocenters. The summed E-state index contributed by atoms with van der Waals surface area (Å²) in [6.45, 7) is 0.0205. The summed E-state index contributed by atoms with van der Waals surface area (Å²) >= 11 is 5.89. The summed E-state index contributed by atoms with van der Waals surface area (Å²) in [4.78, 5) is 4.37. The van der Waals surface area contributed by atoms with E-state index in [1.165, 1.54) is 0 Å². The second-order valence-electron chi connectivity index (χ2n) is 4.99. The molecular weight excluding hydrogens is 335 g/mol. The summed E-state index contributed by atoms with van der Waals surface area (Å²) in [6.07, 6.45) is 5.19. The van der Waals surface area contributed by atoms with Crippen molar-refractivity contribution in [3.05, 3.63) is 71.3 Å². The van der Waals surface area contributed by atoms with Crippen molar-refractivity contribution in [1.29, 1.82) is 0 Å². The Balaban J connectivity index is 0.00000192. The first-order valence-corrected chi connectivity index (χ1v) is 7.15. The normalized spacial score (nSPS) is 13.2. The topological polar surface area (TPSA) is 87.8 Å². The van der Waals surface area contributed by atoms with Crippen LogP contribution in [0, 0.1) is 0 Å². The SMILES string of the molecule is Cl.NCC(O)(c1ccc(Cl)cc1)c1ccc(-c2cn[nH]c2)cn1. The van der Waals surface area contributed by atoms with Crippen molar-refractivity contribution in [2.75, 3.05) is 6.54 Å². The van der Waals surface area contributed by atoms with Crippen LogP contribution in [-0.2, 0) is 5.60 Å². The van der Waals surface area contributed by atoms with Crippen LogP contribution < -0.4 is 5.73 Å². The van der Waals surface area contributed by atoms with Gasteiger partial charge in [0.1, 0.15) is 5.60 Å². The van der Waals surface area contributed by atoms with E-state index in [0.29, 0.717) is 16.3 Å². The van der Waals surface area contributed by atoms with E-state index in [0.717, 1.165) is 11.1 Å². The third-order valence-corrected chi connectivity index (χ3v) is 3.89. The highest BCUT2D eigenvalue weighted by atomic mass is 35.5. The van der Waals surface area contributed by atoms with Crippen molar-refractivity contribution in [2.45, 2.75) is 5.60 Å². The van der Waals surface area contributed by atoms with Gasteiger partial charge < -0.3 is 10.8 Å². The molecule has 0 fully saturated rings. The zero-order chi connectivity index (χ0) is 15.6. The van der Waals surface area contributed by atoms with Crippen molar-refractivity contribution in [3.8, 4) is 11.1 Å². The van der Waals surface area contributed by atoms with Crippen LogP contribution in [0.3, 0.4) is 0 Å². The van der Waals surface area contributed by atoms with Crippen LogP contribution in [0.4, 0.5) is 0 Å². The van der Waals surface area contributed by atoms with Crippen LogP contribution in [0.25, 0.3) is 11.1 Å². The number of aromatic nitrogens is 3. The maximum absolute atomic E-state index is 10.9. The number of pyridine rings is 1. The average molecular weight is 351 g/mol. The van der Waals surface area contributed by atoms with E-state index in [1.54, 1.807) is 48.9 Å². The van der Waals surface area contributed by atoms with Crippen molar-refractivity contribution in [1.82, 2.24) is 15.2 Å². The van der Waals surface area contributed by atoms with Crippen LogP contribution in [0.1, 0.15) is 11.3 Å². The third-order valence-electron chi connectivity index (χ3n) is 3.64. The Hall–Kier alpha value is -1.92. The van der Waals surface area contributed by atoms with Crippen LogP contribution in [0.5, 0.6) is 0 Å². The van der Waals surface area contributed by atoms with E-state index >= 15 is 0 Å². The largest absolute Gasteiger partial charge is 0.377 e. The molecule has 0 saturated heterocycles. The van der Waals surface area contributed by atoms with E-state index in [9.17, 15) is 5.11 Å². The molecule has 0 radical (unpaired) electrons. The van der Waals surface area contributed by atoms with Crippen LogP contribution >= 0.6 is 24.0 Å².